The van der Waals surface area contributed by atoms with Crippen LogP contribution >= 0.6 is 0 Å². The predicted octanol–water partition coefficient (Wildman–Crippen LogP) is 7.76. The lowest BCUT2D eigenvalue weighted by Gasteiger charge is -2.29. The van der Waals surface area contributed by atoms with Gasteiger partial charge in [-0.05, 0) is 67.5 Å². The summed E-state index contributed by atoms with van der Waals surface area (Å²) in [5, 5.41) is 9.30. The predicted molar refractivity (Wildman–Crippen MR) is 125 cm³/mol. The lowest BCUT2D eigenvalue weighted by molar-refractivity contribution is -0.000225. The van der Waals surface area contributed by atoms with Gasteiger partial charge in [0.25, 0.3) is 0 Å². The van der Waals surface area contributed by atoms with Crippen LogP contribution < -0.4 is 0 Å². The molecule has 4 rings (SSSR count). The Bertz CT molecular complexity index is 1130. The average molecular weight is 453 g/mol. The first kappa shape index (κ1) is 23.1. The second-order valence-corrected chi connectivity index (χ2v) is 8.45. The second-order valence-electron chi connectivity index (χ2n) is 8.45. The molecule has 172 valence electrons. The van der Waals surface area contributed by atoms with Gasteiger partial charge in [-0.1, -0.05) is 48.6 Å². The summed E-state index contributed by atoms with van der Waals surface area (Å²) in [6, 6.07) is 14.3. The average Bonchev–Trinajstić information content (AvgIpc) is 2.83. The summed E-state index contributed by atoms with van der Waals surface area (Å²) < 4.78 is 48.8. The van der Waals surface area contributed by atoms with Gasteiger partial charge in [0.2, 0.25) is 5.82 Å². The van der Waals surface area contributed by atoms with Crippen LogP contribution in [-0.2, 0) is 4.74 Å². The van der Waals surface area contributed by atoms with Crippen molar-refractivity contribution in [3.8, 4) is 28.0 Å². The molecule has 1 fully saturated rings. The molecule has 1 aliphatic rings. The summed E-state index contributed by atoms with van der Waals surface area (Å²) in [6.45, 7) is 2.61. The fraction of sp³-hybridized carbons (Fsp3) is 0.286. The van der Waals surface area contributed by atoms with Gasteiger partial charge < -0.3 is 9.84 Å². The third-order valence-corrected chi connectivity index (χ3v) is 6.29. The van der Waals surface area contributed by atoms with E-state index in [0.717, 1.165) is 37.3 Å². The summed E-state index contributed by atoms with van der Waals surface area (Å²) in [6.07, 6.45) is 8.45. The lowest BCUT2D eigenvalue weighted by atomic mass is 9.89. The van der Waals surface area contributed by atoms with Crippen molar-refractivity contribution < 1.29 is 23.0 Å². The Kier molecular flexibility index (Phi) is 7.19. The fourth-order valence-corrected chi connectivity index (χ4v) is 4.36. The molecule has 3 aromatic rings. The molecule has 33 heavy (non-hydrogen) atoms. The Morgan fingerprint density at radius 2 is 1.61 bits per heavy atom. The molecule has 0 saturated carbocycles. The van der Waals surface area contributed by atoms with E-state index >= 15 is 0 Å². The minimum Gasteiger partial charge on any atom is -0.505 e. The molecule has 1 heterocycles. The first-order chi connectivity index (χ1) is 16.0. The van der Waals surface area contributed by atoms with E-state index in [-0.39, 0.29) is 23.4 Å². The molecule has 2 unspecified atom stereocenters. The zero-order chi connectivity index (χ0) is 23.4. The molecule has 0 bridgehead atoms. The summed E-state index contributed by atoms with van der Waals surface area (Å²) >= 11 is 0. The topological polar surface area (TPSA) is 29.5 Å². The van der Waals surface area contributed by atoms with Crippen molar-refractivity contribution in [3.63, 3.8) is 0 Å². The molecule has 5 heteroatoms. The maximum atomic E-state index is 15.0. The standard InChI is InChI=1S/C28H27F3O2/c1-2-3-4-5-22-12-10-21(17-33-22)20-11-13-23(25(29)16-20)18-6-8-19(9-7-18)24-14-15-26(32)28(31)27(24)30/h2-3,6-9,11,13-16,21-22,32H,4-5,10,12,17H2,1H3/b3-2+. The maximum Gasteiger partial charge on any atom is 0.200 e. The third-order valence-electron chi connectivity index (χ3n) is 6.29. The number of ether oxygens (including phenoxy) is 1. The molecule has 0 amide bonds. The van der Waals surface area contributed by atoms with Gasteiger partial charge >= 0.3 is 0 Å². The molecule has 0 aromatic heterocycles. The van der Waals surface area contributed by atoms with E-state index in [1.54, 1.807) is 36.4 Å². The Morgan fingerprint density at radius 1 is 0.909 bits per heavy atom. The quantitative estimate of drug-likeness (QED) is 0.387. The number of rotatable bonds is 6. The first-order valence-corrected chi connectivity index (χ1v) is 11.3. The summed E-state index contributed by atoms with van der Waals surface area (Å²) in [4.78, 5) is 0. The highest BCUT2D eigenvalue weighted by molar-refractivity contribution is 5.71. The highest BCUT2D eigenvalue weighted by atomic mass is 19.2. The number of hydrogen-bond acceptors (Lipinski definition) is 2. The molecule has 0 aliphatic carbocycles. The van der Waals surface area contributed by atoms with E-state index in [4.69, 9.17) is 4.74 Å². The van der Waals surface area contributed by atoms with Crippen molar-refractivity contribution in [2.45, 2.75) is 44.6 Å². The summed E-state index contributed by atoms with van der Waals surface area (Å²) in [7, 11) is 0. The third kappa shape index (κ3) is 5.14. The second kappa shape index (κ2) is 10.3. The van der Waals surface area contributed by atoms with Crippen LogP contribution in [0.5, 0.6) is 5.75 Å². The van der Waals surface area contributed by atoms with Gasteiger partial charge in [0, 0.05) is 17.0 Å². The van der Waals surface area contributed by atoms with Crippen LogP contribution in [0.3, 0.4) is 0 Å². The van der Waals surface area contributed by atoms with Gasteiger partial charge in [-0.15, -0.1) is 0 Å². The summed E-state index contributed by atoms with van der Waals surface area (Å²) in [5.74, 6) is -3.27. The number of phenolic OH excluding ortho intramolecular Hbond substituents is 1. The fourth-order valence-electron chi connectivity index (χ4n) is 4.36. The lowest BCUT2D eigenvalue weighted by Crippen LogP contribution is -2.24. The first-order valence-electron chi connectivity index (χ1n) is 11.3. The molecule has 1 aliphatic heterocycles. The van der Waals surface area contributed by atoms with Crippen LogP contribution in [0.15, 0.2) is 66.7 Å². The van der Waals surface area contributed by atoms with Gasteiger partial charge in [0.15, 0.2) is 11.6 Å². The van der Waals surface area contributed by atoms with E-state index < -0.39 is 17.4 Å². The van der Waals surface area contributed by atoms with Crippen molar-refractivity contribution >= 4 is 0 Å². The van der Waals surface area contributed by atoms with Gasteiger partial charge in [0.05, 0.1) is 12.7 Å². The minimum absolute atomic E-state index is 0.0361. The van der Waals surface area contributed by atoms with Gasteiger partial charge in [-0.2, -0.15) is 4.39 Å². The highest BCUT2D eigenvalue weighted by Crippen LogP contribution is 2.34. The van der Waals surface area contributed by atoms with Crippen LogP contribution in [0.25, 0.3) is 22.3 Å². The van der Waals surface area contributed by atoms with Gasteiger partial charge in [-0.3, -0.25) is 0 Å². The molecule has 2 nitrogen and oxygen atoms in total. The van der Waals surface area contributed by atoms with Crippen molar-refractivity contribution in [2.24, 2.45) is 0 Å². The Labute approximate surface area is 192 Å². The van der Waals surface area contributed by atoms with E-state index in [1.807, 2.05) is 13.0 Å². The van der Waals surface area contributed by atoms with Crippen molar-refractivity contribution in [1.29, 1.82) is 0 Å². The zero-order valence-corrected chi connectivity index (χ0v) is 18.5. The summed E-state index contributed by atoms with van der Waals surface area (Å²) in [5.41, 5.74) is 2.50. The van der Waals surface area contributed by atoms with Gasteiger partial charge in [0.1, 0.15) is 5.82 Å². The molecule has 2 atom stereocenters. The van der Waals surface area contributed by atoms with Crippen molar-refractivity contribution in [1.82, 2.24) is 0 Å². The number of hydrogen-bond donors (Lipinski definition) is 1. The zero-order valence-electron chi connectivity index (χ0n) is 18.5. The number of phenols is 1. The van der Waals surface area contributed by atoms with E-state index in [2.05, 4.69) is 12.2 Å². The van der Waals surface area contributed by atoms with Crippen LogP contribution in [0.1, 0.15) is 44.1 Å². The molecular formula is C28H27F3O2. The number of allylic oxidation sites excluding steroid dienone is 2. The van der Waals surface area contributed by atoms with E-state index in [1.165, 1.54) is 6.07 Å². The van der Waals surface area contributed by atoms with Crippen molar-refractivity contribution in [2.75, 3.05) is 6.61 Å². The van der Waals surface area contributed by atoms with Crippen molar-refractivity contribution in [3.05, 3.63) is 89.8 Å². The number of aromatic hydroxyl groups is 1. The molecule has 1 N–H and O–H groups in total. The monoisotopic (exact) mass is 452 g/mol. The largest absolute Gasteiger partial charge is 0.505 e. The number of halogens is 3. The Morgan fingerprint density at radius 3 is 2.24 bits per heavy atom. The van der Waals surface area contributed by atoms with E-state index in [9.17, 15) is 18.3 Å². The molecule has 1 saturated heterocycles. The maximum absolute atomic E-state index is 15.0. The van der Waals surface area contributed by atoms with Crippen LogP contribution in [0, 0.1) is 17.5 Å². The minimum atomic E-state index is -1.28. The number of benzene rings is 3. The molecular weight excluding hydrogens is 425 g/mol. The molecule has 3 aromatic carbocycles. The molecule has 0 spiro atoms. The highest BCUT2D eigenvalue weighted by Gasteiger charge is 2.23. The SMILES string of the molecule is C/C=C/CCC1CCC(c2ccc(-c3ccc(-c4ccc(O)c(F)c4F)cc3)c(F)c2)CO1. The van der Waals surface area contributed by atoms with Crippen LogP contribution in [0.4, 0.5) is 13.2 Å². The van der Waals surface area contributed by atoms with Gasteiger partial charge in [-0.25, -0.2) is 8.78 Å². The normalized spacial score (nSPS) is 18.7. The molecule has 0 radical (unpaired) electrons. The van der Waals surface area contributed by atoms with Crippen LogP contribution in [0.2, 0.25) is 0 Å². The van der Waals surface area contributed by atoms with E-state index in [0.29, 0.717) is 23.3 Å². The Hall–Kier alpha value is -3.05. The van der Waals surface area contributed by atoms with Crippen LogP contribution in [-0.4, -0.2) is 17.8 Å². The smallest absolute Gasteiger partial charge is 0.200 e. The Balaban J connectivity index is 1.46.